The van der Waals surface area contributed by atoms with Crippen molar-refractivity contribution in [3.05, 3.63) is 0 Å². The van der Waals surface area contributed by atoms with Crippen LogP contribution in [0.1, 0.15) is 20.8 Å². The van der Waals surface area contributed by atoms with Crippen molar-refractivity contribution in [2.75, 3.05) is 25.9 Å². The Morgan fingerprint density at radius 2 is 1.87 bits per heavy atom. The van der Waals surface area contributed by atoms with Crippen LogP contribution < -0.4 is 0 Å². The van der Waals surface area contributed by atoms with E-state index in [1.54, 1.807) is 13.8 Å². The fourth-order valence-corrected chi connectivity index (χ4v) is 2.16. The number of hydrogen-bond donors (Lipinski definition) is 0. The van der Waals surface area contributed by atoms with Crippen molar-refractivity contribution in [2.24, 2.45) is 5.92 Å². The van der Waals surface area contributed by atoms with Crippen LogP contribution in [0.2, 0.25) is 0 Å². The highest BCUT2D eigenvalue weighted by atomic mass is 32.2. The van der Waals surface area contributed by atoms with Crippen LogP contribution in [-0.4, -0.2) is 44.5 Å². The quantitative estimate of drug-likeness (QED) is 0.682. The molecule has 0 bridgehead atoms. The predicted molar refractivity (Wildman–Crippen MR) is 61.2 cm³/mol. The monoisotopic (exact) mass is 232 g/mol. The summed E-state index contributed by atoms with van der Waals surface area (Å²) in [5.74, 6) is 0.107. The molecule has 1 atom stereocenters. The highest BCUT2D eigenvalue weighted by Gasteiger charge is 2.17. The molecule has 15 heavy (non-hydrogen) atoms. The van der Waals surface area contributed by atoms with Gasteiger partial charge in [-0.15, -0.1) is 0 Å². The third-order valence-electron chi connectivity index (χ3n) is 2.28. The summed E-state index contributed by atoms with van der Waals surface area (Å²) in [6.45, 7) is 6.31. The number of nitrogens with zero attached hydrogens (tertiary/aromatic N) is 2. The molecule has 0 aliphatic rings. The maximum Gasteiger partial charge on any atom is 0.153 e. The molecule has 0 aliphatic heterocycles. The van der Waals surface area contributed by atoms with E-state index in [0.29, 0.717) is 13.1 Å². The Kier molecular flexibility index (Phi) is 5.84. The van der Waals surface area contributed by atoms with Gasteiger partial charge < -0.3 is 4.90 Å². The number of sulfone groups is 1. The fourth-order valence-electron chi connectivity index (χ4n) is 1.12. The van der Waals surface area contributed by atoms with Gasteiger partial charge in [-0.1, -0.05) is 0 Å². The maximum atomic E-state index is 11.5. The van der Waals surface area contributed by atoms with Gasteiger partial charge in [0.1, 0.15) is 0 Å². The Balaban J connectivity index is 4.03. The first-order chi connectivity index (χ1) is 6.79. The van der Waals surface area contributed by atoms with E-state index < -0.39 is 9.84 Å². The molecule has 0 fully saturated rings. The molecule has 0 aromatic heterocycles. The van der Waals surface area contributed by atoms with E-state index in [-0.39, 0.29) is 16.9 Å². The molecule has 4 nitrogen and oxygen atoms in total. The van der Waals surface area contributed by atoms with Crippen molar-refractivity contribution >= 4 is 9.84 Å². The largest absolute Gasteiger partial charge is 0.304 e. The summed E-state index contributed by atoms with van der Waals surface area (Å²) in [5.41, 5.74) is 0. The Bertz CT molecular complexity index is 317. The van der Waals surface area contributed by atoms with Crippen molar-refractivity contribution in [1.29, 1.82) is 5.26 Å². The highest BCUT2D eigenvalue weighted by Crippen LogP contribution is 2.02. The predicted octanol–water partition coefficient (Wildman–Crippen LogP) is 0.901. The molecule has 0 rings (SSSR count). The van der Waals surface area contributed by atoms with Crippen molar-refractivity contribution in [2.45, 2.75) is 26.0 Å². The molecular weight excluding hydrogens is 212 g/mol. The zero-order valence-corrected chi connectivity index (χ0v) is 10.7. The average molecular weight is 232 g/mol. The van der Waals surface area contributed by atoms with Crippen molar-refractivity contribution in [3.63, 3.8) is 0 Å². The molecule has 5 heteroatoms. The van der Waals surface area contributed by atoms with E-state index in [9.17, 15) is 8.42 Å². The van der Waals surface area contributed by atoms with E-state index in [0.717, 1.165) is 0 Å². The average Bonchev–Trinajstić information content (AvgIpc) is 2.14. The normalized spacial score (nSPS) is 14.2. The zero-order chi connectivity index (χ0) is 12.1. The highest BCUT2D eigenvalue weighted by molar-refractivity contribution is 7.92. The lowest BCUT2D eigenvalue weighted by atomic mass is 10.2. The van der Waals surface area contributed by atoms with Crippen molar-refractivity contribution in [1.82, 2.24) is 4.90 Å². The van der Waals surface area contributed by atoms with Crippen LogP contribution in [0.15, 0.2) is 0 Å². The molecule has 0 saturated carbocycles. The lowest BCUT2D eigenvalue weighted by Crippen LogP contribution is -2.31. The minimum atomic E-state index is -2.96. The summed E-state index contributed by atoms with van der Waals surface area (Å²) < 4.78 is 23.0. The lowest BCUT2D eigenvalue weighted by molar-refractivity contribution is 0.327. The van der Waals surface area contributed by atoms with Gasteiger partial charge in [-0.2, -0.15) is 5.26 Å². The molecular formula is C10H20N2O2S. The van der Waals surface area contributed by atoms with Gasteiger partial charge in [-0.05, 0) is 27.8 Å². The molecule has 0 N–H and O–H groups in total. The third kappa shape index (κ3) is 5.75. The molecule has 0 radical (unpaired) electrons. The zero-order valence-electron chi connectivity index (χ0n) is 9.90. The number of hydrogen-bond acceptors (Lipinski definition) is 4. The Labute approximate surface area is 92.8 Å². The Hall–Kier alpha value is -0.600. The molecule has 0 aromatic rings. The maximum absolute atomic E-state index is 11.5. The molecule has 0 saturated heterocycles. The van der Waals surface area contributed by atoms with E-state index in [1.165, 1.54) is 0 Å². The van der Waals surface area contributed by atoms with Gasteiger partial charge in [-0.3, -0.25) is 0 Å². The van der Waals surface area contributed by atoms with Crippen LogP contribution in [0.5, 0.6) is 0 Å². The number of nitriles is 1. The first kappa shape index (κ1) is 14.4. The summed E-state index contributed by atoms with van der Waals surface area (Å²) in [6, 6.07) is 2.12. The van der Waals surface area contributed by atoms with E-state index >= 15 is 0 Å². The molecule has 0 aromatic carbocycles. The summed E-state index contributed by atoms with van der Waals surface area (Å²) in [7, 11) is -1.12. The smallest absolute Gasteiger partial charge is 0.153 e. The van der Waals surface area contributed by atoms with Crippen LogP contribution >= 0.6 is 0 Å². The Morgan fingerprint density at radius 1 is 1.33 bits per heavy atom. The molecule has 88 valence electrons. The van der Waals surface area contributed by atoms with Gasteiger partial charge in [0.25, 0.3) is 0 Å². The molecule has 0 heterocycles. The van der Waals surface area contributed by atoms with Crippen molar-refractivity contribution < 1.29 is 8.42 Å². The standard InChI is InChI=1S/C10H20N2O2S/c1-9(2)15(13,14)6-5-12(4)8-10(3)7-11/h9-10H,5-6,8H2,1-4H3. The molecule has 0 spiro atoms. The van der Waals surface area contributed by atoms with Crippen LogP contribution in [0.25, 0.3) is 0 Å². The second-order valence-corrected chi connectivity index (χ2v) is 6.88. The van der Waals surface area contributed by atoms with Crippen LogP contribution in [0.4, 0.5) is 0 Å². The number of rotatable bonds is 6. The SMILES string of the molecule is CC(C#N)CN(C)CCS(=O)(=O)C(C)C. The van der Waals surface area contributed by atoms with Crippen LogP contribution in [0.3, 0.4) is 0 Å². The van der Waals surface area contributed by atoms with Gasteiger partial charge in [-0.25, -0.2) is 8.42 Å². The minimum absolute atomic E-state index is 0.0586. The molecule has 0 aliphatic carbocycles. The summed E-state index contributed by atoms with van der Waals surface area (Å²) in [6.07, 6.45) is 0. The Morgan fingerprint density at radius 3 is 2.27 bits per heavy atom. The summed E-state index contributed by atoms with van der Waals surface area (Å²) in [4.78, 5) is 1.88. The lowest BCUT2D eigenvalue weighted by Gasteiger charge is -2.18. The fraction of sp³-hybridized carbons (Fsp3) is 0.900. The van der Waals surface area contributed by atoms with Gasteiger partial charge in [0.2, 0.25) is 0 Å². The van der Waals surface area contributed by atoms with Crippen LogP contribution in [0, 0.1) is 17.2 Å². The summed E-state index contributed by atoms with van der Waals surface area (Å²) >= 11 is 0. The third-order valence-corrected chi connectivity index (χ3v) is 4.47. The van der Waals surface area contributed by atoms with E-state index in [1.807, 2.05) is 18.9 Å². The first-order valence-corrected chi connectivity index (χ1v) is 6.81. The topological polar surface area (TPSA) is 61.2 Å². The molecule has 1 unspecified atom stereocenters. The van der Waals surface area contributed by atoms with Gasteiger partial charge in [0, 0.05) is 13.1 Å². The van der Waals surface area contributed by atoms with Gasteiger partial charge in [0.15, 0.2) is 9.84 Å². The second kappa shape index (κ2) is 6.09. The van der Waals surface area contributed by atoms with Crippen LogP contribution in [-0.2, 0) is 9.84 Å². The summed E-state index contributed by atoms with van der Waals surface area (Å²) in [5, 5.41) is 8.28. The second-order valence-electron chi connectivity index (χ2n) is 4.21. The molecule has 0 amide bonds. The first-order valence-electron chi connectivity index (χ1n) is 5.09. The van der Waals surface area contributed by atoms with Crippen molar-refractivity contribution in [3.8, 4) is 6.07 Å². The van der Waals surface area contributed by atoms with Gasteiger partial charge in [0.05, 0.1) is 23.0 Å². The van der Waals surface area contributed by atoms with E-state index in [2.05, 4.69) is 6.07 Å². The van der Waals surface area contributed by atoms with E-state index in [4.69, 9.17) is 5.26 Å². The minimum Gasteiger partial charge on any atom is -0.304 e. The van der Waals surface area contributed by atoms with Gasteiger partial charge >= 0.3 is 0 Å².